The van der Waals surface area contributed by atoms with Crippen LogP contribution in [0.5, 0.6) is 0 Å². The molecular weight excluding hydrogens is 377 g/mol. The van der Waals surface area contributed by atoms with Crippen molar-refractivity contribution in [2.24, 2.45) is 0 Å². The van der Waals surface area contributed by atoms with Crippen LogP contribution >= 0.6 is 11.3 Å². The maximum absolute atomic E-state index is 13.4. The Morgan fingerprint density at radius 2 is 1.93 bits per heavy atom. The number of carbonyl (C=O) groups is 2. The van der Waals surface area contributed by atoms with Gasteiger partial charge in [0.1, 0.15) is 5.82 Å². The molecule has 0 aliphatic heterocycles. The van der Waals surface area contributed by atoms with Gasteiger partial charge in [-0.25, -0.2) is 4.39 Å². The molecule has 1 aliphatic rings. The van der Waals surface area contributed by atoms with Crippen molar-refractivity contribution in [3.05, 3.63) is 70.6 Å². The molecule has 0 spiro atoms. The summed E-state index contributed by atoms with van der Waals surface area (Å²) in [7, 11) is 0. The average Bonchev–Trinajstić information content (AvgIpc) is 3.34. The standard InChI is InChI=1S/C21H18FN3O2S/c1-12-2-3-13(20(26)24-16-4-5-16)9-17(12)25-21(27)19-7-6-18(28-19)14-8-15(22)11-23-10-14/h2-3,6-11,16H,4-5H2,1H3,(H,24,26)(H,25,27). The van der Waals surface area contributed by atoms with Crippen LogP contribution in [0.2, 0.25) is 0 Å². The van der Waals surface area contributed by atoms with Crippen LogP contribution in [-0.2, 0) is 0 Å². The number of pyridine rings is 1. The quantitative estimate of drug-likeness (QED) is 0.673. The number of hydrogen-bond donors (Lipinski definition) is 2. The lowest BCUT2D eigenvalue weighted by molar-refractivity contribution is 0.0949. The number of hydrogen-bond acceptors (Lipinski definition) is 4. The minimum atomic E-state index is -0.422. The van der Waals surface area contributed by atoms with Crippen LogP contribution in [0.15, 0.2) is 48.8 Å². The average molecular weight is 395 g/mol. The highest BCUT2D eigenvalue weighted by molar-refractivity contribution is 7.17. The summed E-state index contributed by atoms with van der Waals surface area (Å²) >= 11 is 1.26. The molecule has 0 unspecified atom stereocenters. The first kappa shape index (κ1) is 18.3. The Balaban J connectivity index is 1.51. The van der Waals surface area contributed by atoms with Gasteiger partial charge >= 0.3 is 0 Å². The number of aromatic nitrogens is 1. The molecule has 142 valence electrons. The summed E-state index contributed by atoms with van der Waals surface area (Å²) in [5.74, 6) is -0.827. The first-order valence-corrected chi connectivity index (χ1v) is 9.75. The fourth-order valence-corrected chi connectivity index (χ4v) is 3.62. The van der Waals surface area contributed by atoms with Crippen molar-refractivity contribution in [1.29, 1.82) is 0 Å². The molecule has 3 aromatic rings. The summed E-state index contributed by atoms with van der Waals surface area (Å²) in [6.45, 7) is 1.87. The fourth-order valence-electron chi connectivity index (χ4n) is 2.74. The first-order chi connectivity index (χ1) is 13.5. The lowest BCUT2D eigenvalue weighted by atomic mass is 10.1. The zero-order valence-corrected chi connectivity index (χ0v) is 16.0. The summed E-state index contributed by atoms with van der Waals surface area (Å²) in [5.41, 5.74) is 2.60. The molecule has 1 saturated carbocycles. The van der Waals surface area contributed by atoms with E-state index in [4.69, 9.17) is 0 Å². The van der Waals surface area contributed by atoms with Crippen molar-refractivity contribution in [3.63, 3.8) is 0 Å². The third kappa shape index (κ3) is 4.09. The van der Waals surface area contributed by atoms with Gasteiger partial charge in [0.15, 0.2) is 0 Å². The van der Waals surface area contributed by atoms with E-state index in [0.29, 0.717) is 21.7 Å². The molecule has 2 heterocycles. The van der Waals surface area contributed by atoms with E-state index in [9.17, 15) is 14.0 Å². The number of thiophene rings is 1. The molecule has 7 heteroatoms. The third-order valence-electron chi connectivity index (χ3n) is 4.48. The summed E-state index contributed by atoms with van der Waals surface area (Å²) in [6.07, 6.45) is 4.73. The molecule has 5 nitrogen and oxygen atoms in total. The molecule has 2 aromatic heterocycles. The normalized spacial score (nSPS) is 13.2. The molecule has 2 N–H and O–H groups in total. The van der Waals surface area contributed by atoms with Gasteiger partial charge in [-0.3, -0.25) is 14.6 Å². The number of carbonyl (C=O) groups excluding carboxylic acids is 2. The van der Waals surface area contributed by atoms with Gasteiger partial charge in [-0.05, 0) is 55.7 Å². The van der Waals surface area contributed by atoms with Gasteiger partial charge in [0, 0.05) is 33.9 Å². The minimum Gasteiger partial charge on any atom is -0.349 e. The molecule has 28 heavy (non-hydrogen) atoms. The van der Waals surface area contributed by atoms with Crippen molar-refractivity contribution >= 4 is 28.8 Å². The highest BCUT2D eigenvalue weighted by atomic mass is 32.1. The number of nitrogens with one attached hydrogen (secondary N) is 2. The number of amides is 2. The summed E-state index contributed by atoms with van der Waals surface area (Å²) in [4.78, 5) is 30.0. The third-order valence-corrected chi connectivity index (χ3v) is 5.61. The Morgan fingerprint density at radius 3 is 2.68 bits per heavy atom. The Bertz CT molecular complexity index is 1060. The van der Waals surface area contributed by atoms with Crippen LogP contribution in [0.1, 0.15) is 38.4 Å². The van der Waals surface area contributed by atoms with Gasteiger partial charge in [-0.2, -0.15) is 0 Å². The summed E-state index contributed by atoms with van der Waals surface area (Å²) < 4.78 is 13.4. The number of nitrogens with zero attached hydrogens (tertiary/aromatic N) is 1. The van der Waals surface area contributed by atoms with E-state index in [2.05, 4.69) is 15.6 Å². The Labute approximate surface area is 165 Å². The monoisotopic (exact) mass is 395 g/mol. The molecule has 0 radical (unpaired) electrons. The van der Waals surface area contributed by atoms with Gasteiger partial charge in [-0.15, -0.1) is 11.3 Å². The van der Waals surface area contributed by atoms with Gasteiger partial charge in [0.05, 0.1) is 11.1 Å². The van der Waals surface area contributed by atoms with Gasteiger partial charge < -0.3 is 10.6 Å². The van der Waals surface area contributed by atoms with Crippen LogP contribution in [-0.4, -0.2) is 22.8 Å². The van der Waals surface area contributed by atoms with Crippen molar-refractivity contribution in [2.75, 3.05) is 5.32 Å². The highest BCUT2D eigenvalue weighted by Gasteiger charge is 2.24. The SMILES string of the molecule is Cc1ccc(C(=O)NC2CC2)cc1NC(=O)c1ccc(-c2cncc(F)c2)s1. The number of aryl methyl sites for hydroxylation is 1. The van der Waals surface area contributed by atoms with Crippen molar-refractivity contribution < 1.29 is 14.0 Å². The van der Waals surface area contributed by atoms with Crippen LogP contribution in [0.4, 0.5) is 10.1 Å². The second-order valence-corrected chi connectivity index (χ2v) is 7.87. The second-order valence-electron chi connectivity index (χ2n) is 6.79. The number of halogens is 1. The summed E-state index contributed by atoms with van der Waals surface area (Å²) in [6, 6.07) is 10.4. The van der Waals surface area contributed by atoms with E-state index in [1.165, 1.54) is 17.4 Å². The van der Waals surface area contributed by atoms with Crippen LogP contribution < -0.4 is 10.6 Å². The molecule has 1 aromatic carbocycles. The zero-order valence-electron chi connectivity index (χ0n) is 15.2. The number of rotatable bonds is 5. The number of anilines is 1. The Kier molecular flexibility index (Phi) is 4.92. The van der Waals surface area contributed by atoms with E-state index >= 15 is 0 Å². The first-order valence-electron chi connectivity index (χ1n) is 8.93. The van der Waals surface area contributed by atoms with Crippen molar-refractivity contribution in [3.8, 4) is 10.4 Å². The minimum absolute atomic E-state index is 0.130. The molecule has 2 amide bonds. The zero-order chi connectivity index (χ0) is 19.7. The maximum Gasteiger partial charge on any atom is 0.265 e. The van der Waals surface area contributed by atoms with Gasteiger partial charge in [-0.1, -0.05) is 6.07 Å². The lowest BCUT2D eigenvalue weighted by Crippen LogP contribution is -2.25. The van der Waals surface area contributed by atoms with Gasteiger partial charge in [0.2, 0.25) is 0 Å². The van der Waals surface area contributed by atoms with E-state index in [1.54, 1.807) is 30.5 Å². The summed E-state index contributed by atoms with van der Waals surface area (Å²) in [5, 5.41) is 5.81. The molecule has 4 rings (SSSR count). The van der Waals surface area contributed by atoms with E-state index in [0.717, 1.165) is 29.5 Å². The van der Waals surface area contributed by atoms with Gasteiger partial charge in [0.25, 0.3) is 11.8 Å². The Morgan fingerprint density at radius 1 is 1.11 bits per heavy atom. The molecule has 0 saturated heterocycles. The predicted octanol–water partition coefficient (Wildman–Crippen LogP) is 4.40. The fraction of sp³-hybridized carbons (Fsp3) is 0.190. The number of benzene rings is 1. The molecule has 1 aliphatic carbocycles. The van der Waals surface area contributed by atoms with E-state index < -0.39 is 5.82 Å². The van der Waals surface area contributed by atoms with Crippen molar-refractivity contribution in [1.82, 2.24) is 10.3 Å². The maximum atomic E-state index is 13.4. The molecule has 1 fully saturated rings. The van der Waals surface area contributed by atoms with Crippen LogP contribution in [0.25, 0.3) is 10.4 Å². The van der Waals surface area contributed by atoms with Crippen LogP contribution in [0, 0.1) is 12.7 Å². The van der Waals surface area contributed by atoms with E-state index in [1.807, 2.05) is 13.0 Å². The van der Waals surface area contributed by atoms with E-state index in [-0.39, 0.29) is 17.9 Å². The van der Waals surface area contributed by atoms with Crippen LogP contribution in [0.3, 0.4) is 0 Å². The molecular formula is C21H18FN3O2S. The Hall–Kier alpha value is -3.06. The second kappa shape index (κ2) is 7.52. The largest absolute Gasteiger partial charge is 0.349 e. The highest BCUT2D eigenvalue weighted by Crippen LogP contribution is 2.29. The lowest BCUT2D eigenvalue weighted by Gasteiger charge is -2.10. The molecule has 0 atom stereocenters. The topological polar surface area (TPSA) is 71.1 Å². The molecule has 0 bridgehead atoms. The van der Waals surface area contributed by atoms with Crippen molar-refractivity contribution in [2.45, 2.75) is 25.8 Å². The predicted molar refractivity (Wildman–Crippen MR) is 107 cm³/mol. The smallest absolute Gasteiger partial charge is 0.265 e.